The van der Waals surface area contributed by atoms with Crippen LogP contribution in [0, 0.1) is 5.41 Å². The molecule has 1 N–H and O–H groups in total. The average Bonchev–Trinajstić information content (AvgIpc) is 2.86. The Bertz CT molecular complexity index is 454. The van der Waals surface area contributed by atoms with Crippen LogP contribution in [0.3, 0.4) is 0 Å². The number of halogens is 1. The van der Waals surface area contributed by atoms with E-state index in [4.69, 9.17) is 0 Å². The fourth-order valence-electron chi connectivity index (χ4n) is 3.04. The number of carbonyl (C=O) groups excluding carboxylic acids is 1. The maximum atomic E-state index is 12.2. The highest BCUT2D eigenvalue weighted by molar-refractivity contribution is 9.10. The highest BCUT2D eigenvalue weighted by Gasteiger charge is 2.43. The van der Waals surface area contributed by atoms with Crippen LogP contribution < -0.4 is 5.32 Å². The first kappa shape index (κ1) is 12.6. The van der Waals surface area contributed by atoms with Gasteiger partial charge in [0.1, 0.15) is 0 Å². The Morgan fingerprint density at radius 2 is 2.22 bits per heavy atom. The van der Waals surface area contributed by atoms with Crippen LogP contribution in [0.25, 0.3) is 0 Å². The Kier molecular flexibility index (Phi) is 3.47. The van der Waals surface area contributed by atoms with Crippen LogP contribution in [0.4, 0.5) is 0 Å². The summed E-state index contributed by atoms with van der Waals surface area (Å²) in [7, 11) is 0. The van der Waals surface area contributed by atoms with E-state index in [1.807, 2.05) is 4.90 Å². The Labute approximate surface area is 120 Å². The van der Waals surface area contributed by atoms with Gasteiger partial charge in [0, 0.05) is 27.7 Å². The second-order valence-electron chi connectivity index (χ2n) is 5.41. The van der Waals surface area contributed by atoms with E-state index in [-0.39, 0.29) is 5.41 Å². The molecule has 0 saturated carbocycles. The molecule has 1 aromatic rings. The summed E-state index contributed by atoms with van der Waals surface area (Å²) in [5, 5.41) is 5.46. The normalized spacial score (nSPS) is 22.9. The van der Waals surface area contributed by atoms with Gasteiger partial charge >= 0.3 is 0 Å². The Morgan fingerprint density at radius 3 is 2.89 bits per heavy atom. The van der Waals surface area contributed by atoms with Gasteiger partial charge in [-0.3, -0.25) is 4.79 Å². The second-order valence-corrected chi connectivity index (χ2v) is 7.32. The molecule has 3 nitrogen and oxygen atoms in total. The predicted octanol–water partition coefficient (Wildman–Crippen LogP) is 2.61. The lowest BCUT2D eigenvalue weighted by Crippen LogP contribution is -2.38. The van der Waals surface area contributed by atoms with Gasteiger partial charge in [-0.15, -0.1) is 11.3 Å². The maximum absolute atomic E-state index is 12.2. The molecule has 0 aromatic carbocycles. The van der Waals surface area contributed by atoms with Crippen molar-refractivity contribution in [1.82, 2.24) is 10.2 Å². The van der Waals surface area contributed by atoms with E-state index in [0.717, 1.165) is 49.9 Å². The van der Waals surface area contributed by atoms with E-state index in [1.165, 1.54) is 4.88 Å². The number of piperidine rings is 1. The number of amides is 1. The molecule has 3 rings (SSSR count). The summed E-state index contributed by atoms with van der Waals surface area (Å²) in [5.41, 5.74) is 0.261. The minimum absolute atomic E-state index is 0.261. The first-order valence-corrected chi connectivity index (χ1v) is 8.06. The van der Waals surface area contributed by atoms with E-state index in [2.05, 4.69) is 32.7 Å². The standard InChI is InChI=1S/C13H17BrN2OS/c14-10-5-11(18-8-10)7-16-9-13(6-12(16)17)1-3-15-4-2-13/h5,8,15H,1-4,6-7,9H2. The number of rotatable bonds is 2. The zero-order valence-corrected chi connectivity index (χ0v) is 12.6. The number of thiophene rings is 1. The minimum Gasteiger partial charge on any atom is -0.337 e. The lowest BCUT2D eigenvalue weighted by molar-refractivity contribution is -0.128. The zero-order valence-electron chi connectivity index (χ0n) is 10.2. The van der Waals surface area contributed by atoms with Gasteiger partial charge in [0.25, 0.3) is 0 Å². The average molecular weight is 329 g/mol. The molecule has 3 heterocycles. The van der Waals surface area contributed by atoms with Crippen molar-refractivity contribution in [2.24, 2.45) is 5.41 Å². The fourth-order valence-corrected chi connectivity index (χ4v) is 4.51. The molecule has 0 atom stereocenters. The highest BCUT2D eigenvalue weighted by Crippen LogP contribution is 2.40. The monoisotopic (exact) mass is 328 g/mol. The molecule has 1 amide bonds. The van der Waals surface area contributed by atoms with E-state index in [1.54, 1.807) is 11.3 Å². The third-order valence-corrected chi connectivity index (χ3v) is 5.72. The van der Waals surface area contributed by atoms with Gasteiger partial charge in [-0.25, -0.2) is 0 Å². The van der Waals surface area contributed by atoms with Crippen LogP contribution in [0.5, 0.6) is 0 Å². The summed E-state index contributed by atoms with van der Waals surface area (Å²) < 4.78 is 1.12. The summed E-state index contributed by atoms with van der Waals surface area (Å²) in [6, 6.07) is 2.12. The second kappa shape index (κ2) is 4.94. The molecule has 5 heteroatoms. The number of nitrogens with one attached hydrogen (secondary N) is 1. The molecule has 18 heavy (non-hydrogen) atoms. The van der Waals surface area contributed by atoms with Gasteiger partial charge in [-0.1, -0.05) is 0 Å². The van der Waals surface area contributed by atoms with Crippen LogP contribution in [-0.2, 0) is 11.3 Å². The zero-order chi connectivity index (χ0) is 12.6. The van der Waals surface area contributed by atoms with Crippen LogP contribution in [0.2, 0.25) is 0 Å². The molecule has 2 saturated heterocycles. The molecule has 0 radical (unpaired) electrons. The maximum Gasteiger partial charge on any atom is 0.223 e. The van der Waals surface area contributed by atoms with Gasteiger partial charge < -0.3 is 10.2 Å². The van der Waals surface area contributed by atoms with Gasteiger partial charge in [0.2, 0.25) is 5.91 Å². The first-order chi connectivity index (χ1) is 8.67. The molecule has 0 unspecified atom stereocenters. The topological polar surface area (TPSA) is 32.3 Å². The van der Waals surface area contributed by atoms with Gasteiger partial charge in [0.15, 0.2) is 0 Å². The van der Waals surface area contributed by atoms with Crippen LogP contribution in [0.1, 0.15) is 24.1 Å². The van der Waals surface area contributed by atoms with Gasteiger partial charge in [0.05, 0.1) is 6.54 Å². The summed E-state index contributed by atoms with van der Waals surface area (Å²) in [4.78, 5) is 15.5. The number of carbonyl (C=O) groups is 1. The third kappa shape index (κ3) is 2.49. The number of hydrogen-bond donors (Lipinski definition) is 1. The number of hydrogen-bond acceptors (Lipinski definition) is 3. The van der Waals surface area contributed by atoms with E-state index in [9.17, 15) is 4.79 Å². The molecule has 1 aromatic heterocycles. The minimum atomic E-state index is 0.261. The van der Waals surface area contributed by atoms with Crippen molar-refractivity contribution < 1.29 is 4.79 Å². The van der Waals surface area contributed by atoms with E-state index < -0.39 is 0 Å². The van der Waals surface area contributed by atoms with Crippen molar-refractivity contribution in [3.63, 3.8) is 0 Å². The molecule has 98 valence electrons. The van der Waals surface area contributed by atoms with E-state index >= 15 is 0 Å². The van der Waals surface area contributed by atoms with Crippen molar-refractivity contribution in [3.8, 4) is 0 Å². The van der Waals surface area contributed by atoms with E-state index in [0.29, 0.717) is 5.91 Å². The quantitative estimate of drug-likeness (QED) is 0.905. The molecular weight excluding hydrogens is 312 g/mol. The lowest BCUT2D eigenvalue weighted by Gasteiger charge is -2.33. The van der Waals surface area contributed by atoms with Crippen molar-refractivity contribution in [2.75, 3.05) is 19.6 Å². The Morgan fingerprint density at radius 1 is 1.44 bits per heavy atom. The highest BCUT2D eigenvalue weighted by atomic mass is 79.9. The lowest BCUT2D eigenvalue weighted by atomic mass is 9.78. The molecule has 2 aliphatic rings. The van der Waals surface area contributed by atoms with Crippen molar-refractivity contribution >= 4 is 33.2 Å². The Balaban J connectivity index is 1.68. The van der Waals surface area contributed by atoms with Crippen molar-refractivity contribution in [3.05, 3.63) is 20.8 Å². The van der Waals surface area contributed by atoms with Crippen LogP contribution in [-0.4, -0.2) is 30.4 Å². The first-order valence-electron chi connectivity index (χ1n) is 6.38. The fraction of sp³-hybridized carbons (Fsp3) is 0.615. The van der Waals surface area contributed by atoms with Crippen LogP contribution >= 0.6 is 27.3 Å². The molecule has 2 aliphatic heterocycles. The van der Waals surface area contributed by atoms with Crippen molar-refractivity contribution in [1.29, 1.82) is 0 Å². The molecule has 0 aliphatic carbocycles. The largest absolute Gasteiger partial charge is 0.337 e. The summed E-state index contributed by atoms with van der Waals surface area (Å²) in [6.45, 7) is 3.85. The van der Waals surface area contributed by atoms with Crippen molar-refractivity contribution in [2.45, 2.75) is 25.8 Å². The smallest absolute Gasteiger partial charge is 0.223 e. The molecule has 0 bridgehead atoms. The van der Waals surface area contributed by atoms with Gasteiger partial charge in [-0.05, 0) is 53.3 Å². The molecule has 2 fully saturated rings. The third-order valence-electron chi connectivity index (χ3n) is 4.04. The molecule has 1 spiro atoms. The van der Waals surface area contributed by atoms with Crippen LogP contribution in [0.15, 0.2) is 15.9 Å². The number of nitrogens with zero attached hydrogens (tertiary/aromatic N) is 1. The predicted molar refractivity (Wildman–Crippen MR) is 76.6 cm³/mol. The Hall–Kier alpha value is -0.390. The SMILES string of the molecule is O=C1CC2(CCNCC2)CN1Cc1cc(Br)cs1. The summed E-state index contributed by atoms with van der Waals surface area (Å²) in [5.74, 6) is 0.335. The molecular formula is C13H17BrN2OS. The summed E-state index contributed by atoms with van der Waals surface area (Å²) >= 11 is 5.19. The number of likely N-dealkylation sites (tertiary alicyclic amines) is 1. The summed E-state index contributed by atoms with van der Waals surface area (Å²) in [6.07, 6.45) is 3.04. The van der Waals surface area contributed by atoms with Gasteiger partial charge in [-0.2, -0.15) is 0 Å².